The zero-order chi connectivity index (χ0) is 18.3. The average molecular weight is 375 g/mol. The fourth-order valence-electron chi connectivity index (χ4n) is 5.90. The van der Waals surface area contributed by atoms with Gasteiger partial charge in [-0.1, -0.05) is 11.6 Å². The van der Waals surface area contributed by atoms with Crippen molar-refractivity contribution in [2.75, 3.05) is 25.5 Å². The van der Waals surface area contributed by atoms with E-state index in [0.717, 1.165) is 42.7 Å². The third kappa shape index (κ3) is 3.67. The molecular weight excluding hydrogens is 348 g/mol. The van der Waals surface area contributed by atoms with E-state index in [-0.39, 0.29) is 17.9 Å². The zero-order valence-corrected chi connectivity index (χ0v) is 16.1. The summed E-state index contributed by atoms with van der Waals surface area (Å²) in [7, 11) is 1.86. The fourth-order valence-corrected chi connectivity index (χ4v) is 6.03. The summed E-state index contributed by atoms with van der Waals surface area (Å²) in [6.07, 6.45) is 7.28. The number of rotatable bonds is 6. The van der Waals surface area contributed by atoms with Gasteiger partial charge in [0.1, 0.15) is 0 Å². The van der Waals surface area contributed by atoms with Crippen molar-refractivity contribution in [2.24, 2.45) is 23.2 Å². The van der Waals surface area contributed by atoms with E-state index in [1.54, 1.807) is 24.3 Å². The maximum atomic E-state index is 13.1. The highest BCUT2D eigenvalue weighted by Gasteiger charge is 2.54. The van der Waals surface area contributed by atoms with Crippen molar-refractivity contribution < 1.29 is 9.59 Å². The minimum Gasteiger partial charge on any atom is -0.325 e. The quantitative estimate of drug-likeness (QED) is 0.818. The molecule has 1 aromatic carbocycles. The number of nitrogens with one attached hydrogen (secondary N) is 1. The second-order valence-electron chi connectivity index (χ2n) is 8.85. The number of carbonyl (C=O) groups is 2. The molecule has 4 fully saturated rings. The molecule has 0 heterocycles. The monoisotopic (exact) mass is 374 g/mol. The van der Waals surface area contributed by atoms with Gasteiger partial charge in [0.15, 0.2) is 5.78 Å². The molecule has 4 bridgehead atoms. The number of anilines is 1. The van der Waals surface area contributed by atoms with Gasteiger partial charge in [-0.25, -0.2) is 0 Å². The van der Waals surface area contributed by atoms with Gasteiger partial charge in [0.25, 0.3) is 0 Å². The Kier molecular flexibility index (Phi) is 4.83. The summed E-state index contributed by atoms with van der Waals surface area (Å²) in [6, 6.07) is 7.05. The van der Waals surface area contributed by atoms with E-state index < -0.39 is 0 Å². The number of hydrogen-bond donors (Lipinski definition) is 1. The summed E-state index contributed by atoms with van der Waals surface area (Å²) in [5.74, 6) is 2.56. The van der Waals surface area contributed by atoms with Crippen LogP contribution in [0.15, 0.2) is 24.3 Å². The maximum Gasteiger partial charge on any atom is 0.238 e. The molecule has 1 aromatic rings. The molecule has 4 aliphatic carbocycles. The van der Waals surface area contributed by atoms with Crippen LogP contribution < -0.4 is 5.32 Å². The minimum absolute atomic E-state index is 0.0876. The highest BCUT2D eigenvalue weighted by Crippen LogP contribution is 2.60. The molecule has 0 radical (unpaired) electrons. The number of benzene rings is 1. The number of Topliss-reactive ketones (excluding diaryl/α,β-unsaturated/α-hetero) is 1. The van der Waals surface area contributed by atoms with Crippen LogP contribution >= 0.6 is 11.6 Å². The molecule has 0 spiro atoms. The summed E-state index contributed by atoms with van der Waals surface area (Å²) >= 11 is 5.86. The Morgan fingerprint density at radius 1 is 1.04 bits per heavy atom. The van der Waals surface area contributed by atoms with Crippen molar-refractivity contribution in [3.63, 3.8) is 0 Å². The molecule has 0 unspecified atom stereocenters. The second-order valence-corrected chi connectivity index (χ2v) is 9.28. The van der Waals surface area contributed by atoms with Gasteiger partial charge in [0.05, 0.1) is 13.1 Å². The number of halogens is 1. The van der Waals surface area contributed by atoms with Gasteiger partial charge >= 0.3 is 0 Å². The Bertz CT molecular complexity index is 665. The van der Waals surface area contributed by atoms with Crippen LogP contribution in [-0.2, 0) is 9.59 Å². The van der Waals surface area contributed by atoms with Crippen LogP contribution in [-0.4, -0.2) is 36.7 Å². The van der Waals surface area contributed by atoms with Gasteiger partial charge in [0, 0.05) is 16.1 Å². The molecule has 5 rings (SSSR count). The molecule has 5 heteroatoms. The zero-order valence-electron chi connectivity index (χ0n) is 15.3. The molecule has 0 atom stereocenters. The summed E-state index contributed by atoms with van der Waals surface area (Å²) in [5, 5.41) is 3.50. The summed E-state index contributed by atoms with van der Waals surface area (Å²) in [5.41, 5.74) is 0.635. The number of ketones is 1. The lowest BCUT2D eigenvalue weighted by atomic mass is 9.48. The first-order chi connectivity index (χ1) is 12.4. The molecule has 4 aliphatic rings. The lowest BCUT2D eigenvalue weighted by Crippen LogP contribution is -2.52. The minimum atomic E-state index is -0.104. The van der Waals surface area contributed by atoms with Gasteiger partial charge in [0.2, 0.25) is 5.91 Å². The third-order valence-electron chi connectivity index (χ3n) is 6.58. The van der Waals surface area contributed by atoms with Crippen molar-refractivity contribution in [3.8, 4) is 0 Å². The Morgan fingerprint density at radius 3 is 2.12 bits per heavy atom. The molecule has 4 saturated carbocycles. The van der Waals surface area contributed by atoms with Crippen LogP contribution in [0.2, 0.25) is 5.02 Å². The summed E-state index contributed by atoms with van der Waals surface area (Å²) < 4.78 is 0. The lowest BCUT2D eigenvalue weighted by Gasteiger charge is -2.56. The Balaban J connectivity index is 1.31. The van der Waals surface area contributed by atoms with Crippen LogP contribution in [0.1, 0.15) is 38.5 Å². The highest BCUT2D eigenvalue weighted by molar-refractivity contribution is 6.30. The number of carbonyl (C=O) groups excluding carboxylic acids is 2. The molecule has 1 amide bonds. The molecule has 140 valence electrons. The van der Waals surface area contributed by atoms with E-state index in [1.165, 1.54) is 19.3 Å². The predicted molar refractivity (Wildman–Crippen MR) is 103 cm³/mol. The fraction of sp³-hybridized carbons (Fsp3) is 0.619. The molecule has 4 nitrogen and oxygen atoms in total. The van der Waals surface area contributed by atoms with Gasteiger partial charge in [-0.15, -0.1) is 0 Å². The van der Waals surface area contributed by atoms with Gasteiger partial charge < -0.3 is 5.32 Å². The van der Waals surface area contributed by atoms with E-state index in [9.17, 15) is 9.59 Å². The standard InChI is InChI=1S/C21H27ClN2O2/c1-24(13-20(26)23-18-4-2-17(22)3-5-18)12-19(25)21-9-14-6-15(10-21)8-16(7-14)11-21/h2-5,14-16H,6-13H2,1H3,(H,23,26). The van der Waals surface area contributed by atoms with E-state index in [1.807, 2.05) is 11.9 Å². The van der Waals surface area contributed by atoms with Crippen LogP contribution in [0.25, 0.3) is 0 Å². The summed E-state index contributed by atoms with van der Waals surface area (Å²) in [6.45, 7) is 0.598. The summed E-state index contributed by atoms with van der Waals surface area (Å²) in [4.78, 5) is 27.2. The molecule has 0 saturated heterocycles. The molecule has 0 aromatic heterocycles. The van der Waals surface area contributed by atoms with E-state index in [0.29, 0.717) is 17.4 Å². The Hall–Kier alpha value is -1.39. The van der Waals surface area contributed by atoms with Gasteiger partial charge in [-0.2, -0.15) is 0 Å². The third-order valence-corrected chi connectivity index (χ3v) is 6.84. The highest BCUT2D eigenvalue weighted by atomic mass is 35.5. The smallest absolute Gasteiger partial charge is 0.238 e. The van der Waals surface area contributed by atoms with Gasteiger partial charge in [-0.05, 0) is 87.6 Å². The van der Waals surface area contributed by atoms with Gasteiger partial charge in [-0.3, -0.25) is 14.5 Å². The van der Waals surface area contributed by atoms with Crippen LogP contribution in [0.5, 0.6) is 0 Å². The first-order valence-electron chi connectivity index (χ1n) is 9.69. The predicted octanol–water partition coefficient (Wildman–Crippen LogP) is 4.00. The number of nitrogens with zero attached hydrogens (tertiary/aromatic N) is 1. The van der Waals surface area contributed by atoms with Crippen molar-refractivity contribution in [1.82, 2.24) is 4.90 Å². The largest absolute Gasteiger partial charge is 0.325 e. The lowest BCUT2D eigenvalue weighted by molar-refractivity contribution is -0.144. The number of amides is 1. The normalized spacial score (nSPS) is 32.0. The van der Waals surface area contributed by atoms with E-state index in [4.69, 9.17) is 11.6 Å². The first-order valence-corrected chi connectivity index (χ1v) is 10.1. The molecule has 0 aliphatic heterocycles. The van der Waals surface area contributed by atoms with E-state index in [2.05, 4.69) is 5.32 Å². The SMILES string of the molecule is CN(CC(=O)Nc1ccc(Cl)cc1)CC(=O)C12CC3CC(CC(C3)C1)C2. The van der Waals surface area contributed by atoms with Crippen LogP contribution in [0, 0.1) is 23.2 Å². The van der Waals surface area contributed by atoms with Crippen LogP contribution in [0.4, 0.5) is 5.69 Å². The van der Waals surface area contributed by atoms with Crippen molar-refractivity contribution in [2.45, 2.75) is 38.5 Å². The van der Waals surface area contributed by atoms with Crippen molar-refractivity contribution >= 4 is 29.0 Å². The average Bonchev–Trinajstić information content (AvgIpc) is 2.55. The van der Waals surface area contributed by atoms with Crippen molar-refractivity contribution in [3.05, 3.63) is 29.3 Å². The molecular formula is C21H27ClN2O2. The van der Waals surface area contributed by atoms with Crippen LogP contribution in [0.3, 0.4) is 0 Å². The maximum absolute atomic E-state index is 13.1. The number of likely N-dealkylation sites (N-methyl/N-ethyl adjacent to an activating group) is 1. The molecule has 1 N–H and O–H groups in total. The van der Waals surface area contributed by atoms with E-state index >= 15 is 0 Å². The molecule has 26 heavy (non-hydrogen) atoms. The Morgan fingerprint density at radius 2 is 1.58 bits per heavy atom. The van der Waals surface area contributed by atoms with Crippen molar-refractivity contribution in [1.29, 1.82) is 0 Å². The number of hydrogen-bond acceptors (Lipinski definition) is 3. The topological polar surface area (TPSA) is 49.4 Å². The second kappa shape index (κ2) is 6.97. The first kappa shape index (κ1) is 18.0. The Labute approximate surface area is 160 Å².